The van der Waals surface area contributed by atoms with E-state index in [9.17, 15) is 4.79 Å². The van der Waals surface area contributed by atoms with Gasteiger partial charge in [-0.05, 0) is 37.3 Å². The molecule has 100 valence electrons. The number of halogens is 1. The predicted octanol–water partition coefficient (Wildman–Crippen LogP) is 3.83. The molecule has 0 fully saturated rings. The van der Waals surface area contributed by atoms with Crippen LogP contribution in [-0.2, 0) is 4.79 Å². The number of carbonyl (C=O) groups is 1. The second kappa shape index (κ2) is 5.10. The molecule has 0 N–H and O–H groups in total. The normalized spacial score (nSPS) is 14.6. The van der Waals surface area contributed by atoms with Crippen LogP contribution in [0.1, 0.15) is 12.5 Å². The van der Waals surface area contributed by atoms with E-state index < -0.39 is 0 Å². The maximum atomic E-state index is 12.4. The molecule has 0 aliphatic carbocycles. The second-order valence-electron chi connectivity index (χ2n) is 4.63. The summed E-state index contributed by atoms with van der Waals surface area (Å²) in [5.41, 5.74) is 3.39. The first-order valence-electron chi connectivity index (χ1n) is 6.36. The molecule has 4 heteroatoms. The molecule has 3 rings (SSSR count). The molecule has 0 bridgehead atoms. The molecule has 0 saturated carbocycles. The predicted molar refractivity (Wildman–Crippen MR) is 82.1 cm³/mol. The highest BCUT2D eigenvalue weighted by Gasteiger charge is 2.24. The molecule has 0 spiro atoms. The zero-order valence-corrected chi connectivity index (χ0v) is 11.8. The summed E-state index contributed by atoms with van der Waals surface area (Å²) in [6, 6.07) is 15.1. The molecule has 1 aliphatic heterocycles. The van der Waals surface area contributed by atoms with Gasteiger partial charge in [0.25, 0.3) is 5.91 Å². The minimum Gasteiger partial charge on any atom is -0.279 e. The van der Waals surface area contributed by atoms with Gasteiger partial charge in [0.15, 0.2) is 0 Å². The summed E-state index contributed by atoms with van der Waals surface area (Å²) in [5, 5.41) is 0.604. The third kappa shape index (κ3) is 2.21. The molecule has 2 aromatic carbocycles. The molecule has 0 unspecified atom stereocenters. The van der Waals surface area contributed by atoms with E-state index in [1.165, 1.54) is 0 Å². The van der Waals surface area contributed by atoms with Gasteiger partial charge in [-0.1, -0.05) is 29.8 Å². The number of hydrogen-bond donors (Lipinski definition) is 0. The summed E-state index contributed by atoms with van der Waals surface area (Å²) in [6.45, 7) is 2.06. The molecule has 2 aromatic rings. The number of para-hydroxylation sites is 1. The van der Waals surface area contributed by atoms with Gasteiger partial charge in [0.1, 0.15) is 6.54 Å². The highest BCUT2D eigenvalue weighted by atomic mass is 35.5. The number of aliphatic imine (C=N–C) groups is 1. The number of fused-ring (bicyclic) bond motifs is 1. The molecule has 1 aliphatic rings. The molecule has 0 saturated heterocycles. The standard InChI is InChI=1S/C16H13ClN2O/c1-11-14-8-7-12(17)9-15(14)19(16(20)10-18-11)13-5-3-2-4-6-13/h2-9H,10H2,1H3. The molecular weight excluding hydrogens is 272 g/mol. The summed E-state index contributed by atoms with van der Waals surface area (Å²) < 4.78 is 0. The first-order chi connectivity index (χ1) is 9.66. The lowest BCUT2D eigenvalue weighted by atomic mass is 10.1. The van der Waals surface area contributed by atoms with Crippen LogP contribution in [0.15, 0.2) is 53.5 Å². The lowest BCUT2D eigenvalue weighted by molar-refractivity contribution is -0.116. The monoisotopic (exact) mass is 284 g/mol. The van der Waals surface area contributed by atoms with E-state index in [1.54, 1.807) is 4.90 Å². The van der Waals surface area contributed by atoms with Crippen molar-refractivity contribution in [3.63, 3.8) is 0 Å². The Kier molecular flexibility index (Phi) is 3.28. The van der Waals surface area contributed by atoms with Crippen LogP contribution < -0.4 is 4.90 Å². The van der Waals surface area contributed by atoms with E-state index in [4.69, 9.17) is 11.6 Å². The largest absolute Gasteiger partial charge is 0.279 e. The fourth-order valence-electron chi connectivity index (χ4n) is 2.33. The van der Waals surface area contributed by atoms with E-state index >= 15 is 0 Å². The van der Waals surface area contributed by atoms with Crippen LogP contribution >= 0.6 is 11.6 Å². The minimum absolute atomic E-state index is 0.0587. The molecule has 20 heavy (non-hydrogen) atoms. The van der Waals surface area contributed by atoms with Crippen molar-refractivity contribution in [3.05, 3.63) is 59.1 Å². The van der Waals surface area contributed by atoms with Gasteiger partial charge in [0.05, 0.1) is 5.69 Å². The van der Waals surface area contributed by atoms with Crippen LogP contribution in [0.3, 0.4) is 0 Å². The van der Waals surface area contributed by atoms with E-state index in [1.807, 2.05) is 55.5 Å². The Balaban J connectivity index is 2.23. The van der Waals surface area contributed by atoms with E-state index in [0.29, 0.717) is 5.02 Å². The molecular formula is C16H13ClN2O. The zero-order chi connectivity index (χ0) is 14.1. The summed E-state index contributed by atoms with van der Waals surface area (Å²) >= 11 is 6.10. The lowest BCUT2D eigenvalue weighted by Crippen LogP contribution is -2.27. The third-order valence-electron chi connectivity index (χ3n) is 3.31. The summed E-state index contributed by atoms with van der Waals surface area (Å²) in [5.74, 6) is -0.0587. The van der Waals surface area contributed by atoms with Crippen LogP contribution in [0.25, 0.3) is 0 Å². The van der Waals surface area contributed by atoms with Crippen LogP contribution in [0.5, 0.6) is 0 Å². The van der Waals surface area contributed by atoms with E-state index in [0.717, 1.165) is 22.6 Å². The number of benzene rings is 2. The van der Waals surface area contributed by atoms with Crippen molar-refractivity contribution in [2.45, 2.75) is 6.92 Å². The average Bonchev–Trinajstić information content (AvgIpc) is 2.57. The van der Waals surface area contributed by atoms with Gasteiger partial charge >= 0.3 is 0 Å². The van der Waals surface area contributed by atoms with Crippen molar-refractivity contribution in [2.75, 3.05) is 11.4 Å². The second-order valence-corrected chi connectivity index (χ2v) is 5.06. The fraction of sp³-hybridized carbons (Fsp3) is 0.125. The Labute approximate surface area is 122 Å². The maximum absolute atomic E-state index is 12.4. The van der Waals surface area contributed by atoms with Gasteiger partial charge in [-0.25, -0.2) is 0 Å². The number of rotatable bonds is 1. The number of anilines is 2. The molecule has 0 aromatic heterocycles. The Morgan fingerprint density at radius 1 is 1.15 bits per heavy atom. The zero-order valence-electron chi connectivity index (χ0n) is 11.0. The van der Waals surface area contributed by atoms with Crippen molar-refractivity contribution in [1.82, 2.24) is 0 Å². The summed E-state index contributed by atoms with van der Waals surface area (Å²) in [6.07, 6.45) is 0. The first-order valence-corrected chi connectivity index (χ1v) is 6.73. The Hall–Kier alpha value is -2.13. The van der Waals surface area contributed by atoms with Gasteiger partial charge in [0.2, 0.25) is 0 Å². The summed E-state index contributed by atoms with van der Waals surface area (Å²) in [7, 11) is 0. The Morgan fingerprint density at radius 2 is 1.90 bits per heavy atom. The van der Waals surface area contributed by atoms with Gasteiger partial charge in [-0.15, -0.1) is 0 Å². The van der Waals surface area contributed by atoms with Gasteiger partial charge in [-0.3, -0.25) is 14.7 Å². The number of carbonyl (C=O) groups excluding carboxylic acids is 1. The molecule has 3 nitrogen and oxygen atoms in total. The quantitative estimate of drug-likeness (QED) is 0.783. The molecule has 1 heterocycles. The number of nitrogens with zero attached hydrogens (tertiary/aromatic N) is 2. The lowest BCUT2D eigenvalue weighted by Gasteiger charge is -2.23. The van der Waals surface area contributed by atoms with Crippen molar-refractivity contribution in [3.8, 4) is 0 Å². The van der Waals surface area contributed by atoms with Crippen LogP contribution in [0.4, 0.5) is 11.4 Å². The van der Waals surface area contributed by atoms with Gasteiger partial charge in [-0.2, -0.15) is 0 Å². The topological polar surface area (TPSA) is 32.7 Å². The first kappa shape index (κ1) is 12.9. The third-order valence-corrected chi connectivity index (χ3v) is 3.54. The fourth-order valence-corrected chi connectivity index (χ4v) is 2.50. The van der Waals surface area contributed by atoms with Crippen LogP contribution in [0.2, 0.25) is 5.02 Å². The highest BCUT2D eigenvalue weighted by Crippen LogP contribution is 2.33. The summed E-state index contributed by atoms with van der Waals surface area (Å²) in [4.78, 5) is 18.4. The van der Waals surface area contributed by atoms with E-state index in [2.05, 4.69) is 4.99 Å². The Morgan fingerprint density at radius 3 is 2.65 bits per heavy atom. The molecule has 1 amide bonds. The van der Waals surface area contributed by atoms with Crippen molar-refractivity contribution in [2.24, 2.45) is 4.99 Å². The average molecular weight is 285 g/mol. The molecule has 0 atom stereocenters. The van der Waals surface area contributed by atoms with Crippen molar-refractivity contribution in [1.29, 1.82) is 0 Å². The SMILES string of the molecule is CC1=NCC(=O)N(c2ccccc2)c2cc(Cl)ccc21. The van der Waals surface area contributed by atoms with E-state index in [-0.39, 0.29) is 12.5 Å². The van der Waals surface area contributed by atoms with Gasteiger partial charge in [0, 0.05) is 22.0 Å². The molecule has 0 radical (unpaired) electrons. The highest BCUT2D eigenvalue weighted by molar-refractivity contribution is 6.31. The van der Waals surface area contributed by atoms with Crippen molar-refractivity contribution >= 4 is 34.6 Å². The minimum atomic E-state index is -0.0587. The van der Waals surface area contributed by atoms with Gasteiger partial charge < -0.3 is 0 Å². The smallest absolute Gasteiger partial charge is 0.253 e. The maximum Gasteiger partial charge on any atom is 0.253 e. The van der Waals surface area contributed by atoms with Crippen molar-refractivity contribution < 1.29 is 4.79 Å². The number of benzodiazepines with no additional fused rings is 1. The van der Waals surface area contributed by atoms with Crippen LogP contribution in [0, 0.1) is 0 Å². The number of hydrogen-bond acceptors (Lipinski definition) is 2. The number of amides is 1. The Bertz CT molecular complexity index is 695. The van der Waals surface area contributed by atoms with Crippen LogP contribution in [-0.4, -0.2) is 18.2 Å².